The van der Waals surface area contributed by atoms with E-state index in [1.165, 1.54) is 25.7 Å². The average molecular weight is 491 g/mol. The van der Waals surface area contributed by atoms with Crippen LogP contribution >= 0.6 is 11.8 Å². The van der Waals surface area contributed by atoms with E-state index in [0.717, 1.165) is 43.6 Å². The lowest BCUT2D eigenvalue weighted by molar-refractivity contribution is -0.175. The normalized spacial score (nSPS) is 44.1. The highest BCUT2D eigenvalue weighted by Crippen LogP contribution is 2.68. The number of allylic oxidation sites excluding steroid dienone is 1. The van der Waals surface area contributed by atoms with E-state index in [2.05, 4.69) is 18.7 Å². The first kappa shape index (κ1) is 26.2. The van der Waals surface area contributed by atoms with Gasteiger partial charge >= 0.3 is 0 Å². The van der Waals surface area contributed by atoms with Gasteiger partial charge in [-0.3, -0.25) is 9.80 Å². The fourth-order valence-corrected chi connectivity index (χ4v) is 9.21. The molecule has 0 aliphatic heterocycles. The number of Topliss-reactive ketones (excluding diaryl/α,β-unsaturated/α-hetero) is 1. The fourth-order valence-electron chi connectivity index (χ4n) is 8.98. The van der Waals surface area contributed by atoms with Crippen molar-refractivity contribution < 1.29 is 14.6 Å². The van der Waals surface area contributed by atoms with E-state index in [1.54, 1.807) is 16.8 Å². The molecule has 1 N–H and O–H groups in total. The highest BCUT2D eigenvalue weighted by molar-refractivity contribution is 8.02. The largest absolute Gasteiger partial charge is 0.390 e. The molecule has 4 aliphatic rings. The Kier molecular flexibility index (Phi) is 7.63. The van der Waals surface area contributed by atoms with E-state index in [1.807, 2.05) is 33.4 Å². The number of carbonyl (C=O) groups is 1. The lowest BCUT2D eigenvalue weighted by Crippen LogP contribution is -2.58. The van der Waals surface area contributed by atoms with Crippen LogP contribution in [0.1, 0.15) is 78.6 Å². The SMILES string of the molecule is C=NN(/C=C(\C)SC)CC(=O)[C@H]1CC[C@H]2[C@@H]3CC[C@@H]4C[C@](C)(O)CC[C@]4(COC)[C@H]3CC[C@]12C. The Hall–Kier alpha value is -0.850. The summed E-state index contributed by atoms with van der Waals surface area (Å²) in [6.07, 6.45) is 13.8. The third kappa shape index (κ3) is 4.52. The quantitative estimate of drug-likeness (QED) is 0.348. The van der Waals surface area contributed by atoms with Crippen molar-refractivity contribution in [3.8, 4) is 0 Å². The molecule has 4 saturated carbocycles. The molecule has 4 aliphatic carbocycles. The summed E-state index contributed by atoms with van der Waals surface area (Å²) in [6, 6.07) is 0. The van der Waals surface area contributed by atoms with Crippen molar-refractivity contribution in [3.63, 3.8) is 0 Å². The van der Waals surface area contributed by atoms with Crippen LogP contribution in [0.2, 0.25) is 0 Å². The molecule has 0 aromatic heterocycles. The zero-order valence-corrected chi connectivity index (χ0v) is 22.8. The summed E-state index contributed by atoms with van der Waals surface area (Å²) in [7, 11) is 1.85. The van der Waals surface area contributed by atoms with Gasteiger partial charge in [-0.15, -0.1) is 11.8 Å². The standard InChI is InChI=1S/C28H46N2O3S/c1-19(34-6)16-30(29-4)17-25(31)24-10-9-22-21-8-7-20-15-26(2,32)13-14-28(20,18-33-5)23(21)11-12-27(22,24)3/h16,20-24,32H,4,7-15,17-18H2,1-3,5-6H3/b19-16+/t20-,21+,22+,23+,24-,26-,27+,28-/m1/s1. The number of ketones is 1. The number of hydrogen-bond donors (Lipinski definition) is 1. The molecule has 0 saturated heterocycles. The van der Waals surface area contributed by atoms with Crippen molar-refractivity contribution in [2.45, 2.75) is 84.2 Å². The van der Waals surface area contributed by atoms with Crippen LogP contribution in [-0.4, -0.2) is 54.7 Å². The first-order valence-corrected chi connectivity index (χ1v) is 14.5. The third-order valence-corrected chi connectivity index (χ3v) is 11.4. The van der Waals surface area contributed by atoms with Crippen molar-refractivity contribution in [1.29, 1.82) is 0 Å². The Balaban J connectivity index is 1.53. The summed E-state index contributed by atoms with van der Waals surface area (Å²) in [6.45, 7) is 11.3. The van der Waals surface area contributed by atoms with Crippen LogP contribution in [0.4, 0.5) is 0 Å². The molecule has 0 bridgehead atoms. The van der Waals surface area contributed by atoms with E-state index in [9.17, 15) is 9.90 Å². The van der Waals surface area contributed by atoms with Gasteiger partial charge in [-0.1, -0.05) is 6.92 Å². The van der Waals surface area contributed by atoms with Crippen molar-refractivity contribution >= 4 is 24.3 Å². The Labute approximate surface area is 211 Å². The number of methoxy groups -OCH3 is 1. The van der Waals surface area contributed by atoms with Gasteiger partial charge in [0.15, 0.2) is 5.78 Å². The highest BCUT2D eigenvalue weighted by atomic mass is 32.2. The maximum absolute atomic E-state index is 13.6. The number of nitrogens with zero attached hydrogens (tertiary/aromatic N) is 2. The second-order valence-corrected chi connectivity index (χ2v) is 13.4. The van der Waals surface area contributed by atoms with Gasteiger partial charge in [0.1, 0.15) is 0 Å². The molecule has 0 radical (unpaired) electrons. The minimum atomic E-state index is -0.531. The smallest absolute Gasteiger partial charge is 0.157 e. The van der Waals surface area contributed by atoms with Gasteiger partial charge in [0.25, 0.3) is 0 Å². The minimum Gasteiger partial charge on any atom is -0.390 e. The molecule has 0 unspecified atom stereocenters. The van der Waals surface area contributed by atoms with Gasteiger partial charge in [-0.05, 0) is 117 Å². The second kappa shape index (κ2) is 9.89. The summed E-state index contributed by atoms with van der Waals surface area (Å²) in [5.41, 5.74) is -0.241. The van der Waals surface area contributed by atoms with E-state index in [-0.39, 0.29) is 16.7 Å². The molecule has 4 fully saturated rings. The lowest BCUT2D eigenvalue weighted by Gasteiger charge is -2.62. The zero-order valence-electron chi connectivity index (χ0n) is 22.0. The molecule has 4 rings (SSSR count). The average Bonchev–Trinajstić information content (AvgIpc) is 3.16. The Morgan fingerprint density at radius 2 is 1.94 bits per heavy atom. The first-order chi connectivity index (χ1) is 16.1. The van der Waals surface area contributed by atoms with Gasteiger partial charge < -0.3 is 9.84 Å². The van der Waals surface area contributed by atoms with Crippen LogP contribution in [0.25, 0.3) is 0 Å². The van der Waals surface area contributed by atoms with Crippen molar-refractivity contribution in [2.75, 3.05) is 26.5 Å². The molecular formula is C28H46N2O3S. The summed E-state index contributed by atoms with van der Waals surface area (Å²) < 4.78 is 5.89. The number of aliphatic hydroxyl groups is 1. The van der Waals surface area contributed by atoms with Crippen LogP contribution in [0.15, 0.2) is 16.2 Å². The number of fused-ring (bicyclic) bond motifs is 5. The zero-order chi connectivity index (χ0) is 24.7. The number of ether oxygens (including phenoxy) is 1. The lowest BCUT2D eigenvalue weighted by atomic mass is 9.43. The van der Waals surface area contributed by atoms with Crippen LogP contribution < -0.4 is 0 Å². The van der Waals surface area contributed by atoms with Crippen LogP contribution in [0, 0.1) is 40.4 Å². The predicted octanol–water partition coefficient (Wildman–Crippen LogP) is 5.73. The van der Waals surface area contributed by atoms with Gasteiger partial charge in [-0.25, -0.2) is 0 Å². The molecule has 0 aromatic rings. The van der Waals surface area contributed by atoms with Gasteiger partial charge in [0.2, 0.25) is 0 Å². The van der Waals surface area contributed by atoms with Crippen LogP contribution in [0.3, 0.4) is 0 Å². The van der Waals surface area contributed by atoms with E-state index >= 15 is 0 Å². The molecule has 0 spiro atoms. The van der Waals surface area contributed by atoms with Gasteiger partial charge in [-0.2, -0.15) is 5.10 Å². The maximum Gasteiger partial charge on any atom is 0.157 e. The monoisotopic (exact) mass is 490 g/mol. The van der Waals surface area contributed by atoms with Crippen LogP contribution in [0.5, 0.6) is 0 Å². The topological polar surface area (TPSA) is 62.1 Å². The highest BCUT2D eigenvalue weighted by Gasteiger charge is 2.63. The Morgan fingerprint density at radius 1 is 1.18 bits per heavy atom. The summed E-state index contributed by atoms with van der Waals surface area (Å²) in [5, 5.41) is 16.7. The van der Waals surface area contributed by atoms with Crippen molar-refractivity contribution in [3.05, 3.63) is 11.1 Å². The molecular weight excluding hydrogens is 444 g/mol. The van der Waals surface area contributed by atoms with Crippen molar-refractivity contribution in [1.82, 2.24) is 5.01 Å². The van der Waals surface area contributed by atoms with E-state index < -0.39 is 5.60 Å². The minimum absolute atomic E-state index is 0.0879. The summed E-state index contributed by atoms with van der Waals surface area (Å²) in [4.78, 5) is 14.7. The molecule has 192 valence electrons. The first-order valence-electron chi connectivity index (χ1n) is 13.3. The van der Waals surface area contributed by atoms with Crippen LogP contribution in [-0.2, 0) is 9.53 Å². The second-order valence-electron chi connectivity index (χ2n) is 12.3. The maximum atomic E-state index is 13.6. The summed E-state index contributed by atoms with van der Waals surface area (Å²) in [5.74, 6) is 2.96. The molecule has 34 heavy (non-hydrogen) atoms. The number of carbonyl (C=O) groups excluding carboxylic acids is 1. The number of hydrogen-bond acceptors (Lipinski definition) is 6. The van der Waals surface area contributed by atoms with E-state index in [4.69, 9.17) is 4.74 Å². The Bertz CT molecular complexity index is 813. The summed E-state index contributed by atoms with van der Waals surface area (Å²) >= 11 is 1.66. The molecule has 0 amide bonds. The molecule has 8 atom stereocenters. The van der Waals surface area contributed by atoms with Crippen molar-refractivity contribution in [2.24, 2.45) is 45.5 Å². The number of thioether (sulfide) groups is 1. The number of rotatable bonds is 8. The van der Waals surface area contributed by atoms with Gasteiger partial charge in [0, 0.05) is 25.9 Å². The third-order valence-electron chi connectivity index (χ3n) is 10.6. The molecule has 6 heteroatoms. The molecule has 0 aromatic carbocycles. The Morgan fingerprint density at radius 3 is 2.62 bits per heavy atom. The molecule has 5 nitrogen and oxygen atoms in total. The number of hydrazone groups is 1. The fraction of sp³-hybridized carbons (Fsp3) is 0.857. The van der Waals surface area contributed by atoms with Gasteiger partial charge in [0.05, 0.1) is 18.8 Å². The predicted molar refractivity (Wildman–Crippen MR) is 141 cm³/mol. The van der Waals surface area contributed by atoms with E-state index in [0.29, 0.717) is 36.0 Å². The molecule has 0 heterocycles.